The number of amides is 1. The van der Waals surface area contributed by atoms with Crippen molar-refractivity contribution in [3.05, 3.63) is 30.1 Å². The van der Waals surface area contributed by atoms with Crippen molar-refractivity contribution < 1.29 is 14.7 Å². The minimum Gasteiger partial charge on any atom is -0.477 e. The Kier molecular flexibility index (Phi) is 3.96. The third-order valence-electron chi connectivity index (χ3n) is 1.44. The van der Waals surface area contributed by atoms with Crippen LogP contribution in [0.2, 0.25) is 0 Å². The molecule has 0 unspecified atom stereocenters. The summed E-state index contributed by atoms with van der Waals surface area (Å²) in [6, 6.07) is 4.76. The van der Waals surface area contributed by atoms with Crippen LogP contribution in [0.4, 0.5) is 0 Å². The average molecular weight is 207 g/mol. The molecule has 0 aliphatic carbocycles. The van der Waals surface area contributed by atoms with Gasteiger partial charge in [-0.15, -0.1) is 0 Å². The molecule has 0 fully saturated rings. The van der Waals surface area contributed by atoms with Crippen LogP contribution in [0.1, 0.15) is 10.5 Å². The molecule has 0 radical (unpaired) electrons. The predicted octanol–water partition coefficient (Wildman–Crippen LogP) is -0.0757. The van der Waals surface area contributed by atoms with Crippen molar-refractivity contribution in [2.24, 2.45) is 4.99 Å². The summed E-state index contributed by atoms with van der Waals surface area (Å²) < 4.78 is 0. The lowest BCUT2D eigenvalue weighted by molar-refractivity contribution is -0.117. The Labute approximate surface area is 85.7 Å². The number of aliphatic imine (C=N–C) groups is 1. The van der Waals surface area contributed by atoms with Crippen LogP contribution in [0.3, 0.4) is 0 Å². The number of aromatic carboxylic acids is 1. The number of hydrogen-bond donors (Lipinski definition) is 2. The molecule has 1 amide bonds. The van der Waals surface area contributed by atoms with Gasteiger partial charge in [0, 0.05) is 6.20 Å². The number of carbonyl (C=O) groups is 2. The van der Waals surface area contributed by atoms with Gasteiger partial charge in [-0.05, 0) is 12.1 Å². The number of carboxylic acid groups (broad SMARTS) is 1. The summed E-state index contributed by atoms with van der Waals surface area (Å²) in [6.07, 6.45) is 2.85. The fourth-order valence-electron chi connectivity index (χ4n) is 0.781. The van der Waals surface area contributed by atoms with Crippen LogP contribution in [0.15, 0.2) is 29.4 Å². The molecule has 0 spiro atoms. The number of nitrogens with zero attached hydrogens (tertiary/aromatic N) is 2. The molecule has 1 aliphatic rings. The van der Waals surface area contributed by atoms with E-state index in [1.165, 1.54) is 18.6 Å². The first kappa shape index (κ1) is 10.8. The highest BCUT2D eigenvalue weighted by Gasteiger charge is 1.99. The molecular formula is C9H9N3O3. The third-order valence-corrected chi connectivity index (χ3v) is 1.44. The van der Waals surface area contributed by atoms with Crippen molar-refractivity contribution in [2.45, 2.75) is 0 Å². The van der Waals surface area contributed by atoms with E-state index in [2.05, 4.69) is 15.3 Å². The van der Waals surface area contributed by atoms with Crippen LogP contribution in [-0.2, 0) is 4.79 Å². The maximum atomic E-state index is 10.1. The van der Waals surface area contributed by atoms with Crippen molar-refractivity contribution >= 4 is 18.2 Å². The Morgan fingerprint density at radius 2 is 2.27 bits per heavy atom. The van der Waals surface area contributed by atoms with Gasteiger partial charge in [-0.25, -0.2) is 9.78 Å². The van der Waals surface area contributed by atoms with E-state index in [0.717, 1.165) is 0 Å². The minimum atomic E-state index is -0.990. The number of nitrogens with one attached hydrogen (secondary N) is 1. The van der Waals surface area contributed by atoms with Crippen LogP contribution < -0.4 is 5.32 Å². The molecule has 2 N–H and O–H groups in total. The van der Waals surface area contributed by atoms with Crippen molar-refractivity contribution in [3.63, 3.8) is 0 Å². The van der Waals surface area contributed by atoms with Crippen LogP contribution in [0, 0.1) is 0 Å². The molecule has 6 nitrogen and oxygen atoms in total. The molecule has 2 heterocycles. The summed E-state index contributed by atoms with van der Waals surface area (Å²) in [6.45, 7) is 0.306. The monoisotopic (exact) mass is 207 g/mol. The number of rotatable bonds is 1. The van der Waals surface area contributed by atoms with Crippen molar-refractivity contribution in [1.29, 1.82) is 0 Å². The maximum Gasteiger partial charge on any atom is 0.354 e. The number of aromatic nitrogens is 1. The van der Waals surface area contributed by atoms with Gasteiger partial charge in [-0.2, -0.15) is 0 Å². The quantitative estimate of drug-likeness (QED) is 0.674. The smallest absolute Gasteiger partial charge is 0.354 e. The van der Waals surface area contributed by atoms with E-state index in [9.17, 15) is 9.59 Å². The zero-order chi connectivity index (χ0) is 11.1. The Hall–Kier alpha value is -2.24. The summed E-state index contributed by atoms with van der Waals surface area (Å²) in [5.41, 5.74) is 0.0810. The molecule has 1 aromatic rings. The topological polar surface area (TPSA) is 91.6 Å². The van der Waals surface area contributed by atoms with E-state index in [1.807, 2.05) is 0 Å². The summed E-state index contributed by atoms with van der Waals surface area (Å²) >= 11 is 0. The first-order chi connectivity index (χ1) is 7.20. The van der Waals surface area contributed by atoms with Gasteiger partial charge in [0.2, 0.25) is 5.91 Å². The van der Waals surface area contributed by atoms with Gasteiger partial charge < -0.3 is 10.4 Å². The Bertz CT molecular complexity index is 365. The van der Waals surface area contributed by atoms with Gasteiger partial charge in [-0.3, -0.25) is 9.79 Å². The van der Waals surface area contributed by atoms with Crippen molar-refractivity contribution in [2.75, 3.05) is 6.54 Å². The van der Waals surface area contributed by atoms with Crippen LogP contribution >= 0.6 is 0 Å². The number of pyridine rings is 1. The fraction of sp³-hybridized carbons (Fsp3) is 0.111. The zero-order valence-corrected chi connectivity index (χ0v) is 7.75. The van der Waals surface area contributed by atoms with Crippen LogP contribution in [-0.4, -0.2) is 34.9 Å². The molecule has 78 valence electrons. The van der Waals surface area contributed by atoms with Gasteiger partial charge in [-0.1, -0.05) is 6.07 Å². The zero-order valence-electron chi connectivity index (χ0n) is 7.75. The molecule has 1 aromatic heterocycles. The molecule has 0 atom stereocenters. The largest absolute Gasteiger partial charge is 0.477 e. The highest BCUT2D eigenvalue weighted by atomic mass is 16.4. The van der Waals surface area contributed by atoms with Gasteiger partial charge in [0.05, 0.1) is 6.34 Å². The second kappa shape index (κ2) is 5.48. The van der Waals surface area contributed by atoms with E-state index < -0.39 is 5.97 Å². The van der Waals surface area contributed by atoms with E-state index in [-0.39, 0.29) is 11.6 Å². The van der Waals surface area contributed by atoms with Crippen LogP contribution in [0.5, 0.6) is 0 Å². The molecule has 2 rings (SSSR count). The van der Waals surface area contributed by atoms with Crippen molar-refractivity contribution in [3.8, 4) is 0 Å². The van der Waals surface area contributed by atoms with E-state index in [1.54, 1.807) is 12.1 Å². The molecule has 6 heteroatoms. The molecular weight excluding hydrogens is 198 g/mol. The van der Waals surface area contributed by atoms with E-state index in [4.69, 9.17) is 5.11 Å². The van der Waals surface area contributed by atoms with E-state index >= 15 is 0 Å². The van der Waals surface area contributed by atoms with Gasteiger partial charge in [0.15, 0.2) is 0 Å². The Morgan fingerprint density at radius 1 is 1.47 bits per heavy atom. The predicted molar refractivity (Wildman–Crippen MR) is 52.7 cm³/mol. The maximum absolute atomic E-state index is 10.1. The lowest BCUT2D eigenvalue weighted by atomic mass is 10.4. The number of carboxylic acids is 1. The third kappa shape index (κ3) is 3.99. The second-order valence-corrected chi connectivity index (χ2v) is 2.56. The van der Waals surface area contributed by atoms with E-state index in [0.29, 0.717) is 6.54 Å². The SMILES string of the molecule is O=C(O)c1ccccn1.O=C1CN=CN1. The van der Waals surface area contributed by atoms with Crippen LogP contribution in [0.25, 0.3) is 0 Å². The number of carbonyl (C=O) groups excluding carboxylic acids is 1. The first-order valence-electron chi connectivity index (χ1n) is 4.12. The molecule has 0 saturated heterocycles. The van der Waals surface area contributed by atoms with Gasteiger partial charge in [0.25, 0.3) is 0 Å². The highest BCUT2D eigenvalue weighted by molar-refractivity contribution is 5.93. The summed E-state index contributed by atoms with van der Waals surface area (Å²) in [7, 11) is 0. The summed E-state index contributed by atoms with van der Waals surface area (Å²) in [4.78, 5) is 27.3. The Morgan fingerprint density at radius 3 is 2.53 bits per heavy atom. The summed E-state index contributed by atoms with van der Waals surface area (Å²) in [5.74, 6) is -1.01. The molecule has 15 heavy (non-hydrogen) atoms. The van der Waals surface area contributed by atoms with Gasteiger partial charge in [0.1, 0.15) is 12.2 Å². The lowest BCUT2D eigenvalue weighted by Gasteiger charge is -1.87. The van der Waals surface area contributed by atoms with Gasteiger partial charge >= 0.3 is 5.97 Å². The molecule has 0 aromatic carbocycles. The minimum absolute atomic E-state index is 0.0185. The fourth-order valence-corrected chi connectivity index (χ4v) is 0.781. The number of hydrogen-bond acceptors (Lipinski definition) is 4. The Balaban J connectivity index is 0.000000162. The first-order valence-corrected chi connectivity index (χ1v) is 4.12. The lowest BCUT2D eigenvalue weighted by Crippen LogP contribution is -2.15. The molecule has 1 aliphatic heterocycles. The second-order valence-electron chi connectivity index (χ2n) is 2.56. The summed E-state index contributed by atoms with van der Waals surface area (Å²) in [5, 5.41) is 10.7. The highest BCUT2D eigenvalue weighted by Crippen LogP contribution is 1.90. The standard InChI is InChI=1S/C6H5NO2.C3H4N2O/c8-6(9)5-3-1-2-4-7-5;6-3-1-4-2-5-3/h1-4H,(H,8,9);2H,1H2,(H,4,5,6). The average Bonchev–Trinajstić information content (AvgIpc) is 2.71. The molecule has 0 bridgehead atoms. The molecule has 0 saturated carbocycles. The van der Waals surface area contributed by atoms with Crippen molar-refractivity contribution in [1.82, 2.24) is 10.3 Å². The normalized spacial score (nSPS) is 12.7.